The summed E-state index contributed by atoms with van der Waals surface area (Å²) in [5.74, 6) is -0.270. The van der Waals surface area contributed by atoms with E-state index in [-0.39, 0.29) is 17.5 Å². The van der Waals surface area contributed by atoms with Crippen molar-refractivity contribution in [2.75, 3.05) is 4.90 Å². The van der Waals surface area contributed by atoms with Gasteiger partial charge in [-0.05, 0) is 60.0 Å². The normalized spacial score (nSPS) is 11.8. The number of aromatic hydroxyl groups is 2. The number of aromatic nitrogens is 2. The summed E-state index contributed by atoms with van der Waals surface area (Å²) < 4.78 is 0. The molecule has 1 atom stereocenters. The van der Waals surface area contributed by atoms with Crippen molar-refractivity contribution in [3.63, 3.8) is 0 Å². The Labute approximate surface area is 169 Å². The van der Waals surface area contributed by atoms with Crippen LogP contribution in [-0.4, -0.2) is 20.2 Å². The van der Waals surface area contributed by atoms with Gasteiger partial charge in [0.15, 0.2) is 11.5 Å². The van der Waals surface area contributed by atoms with E-state index in [1.165, 1.54) is 6.07 Å². The molecule has 5 heteroatoms. The molecule has 0 radical (unpaired) electrons. The Hall–Kier alpha value is -3.86. The number of hydrogen-bond donors (Lipinski definition) is 2. The van der Waals surface area contributed by atoms with Crippen molar-refractivity contribution in [3.8, 4) is 22.6 Å². The molecule has 0 saturated carbocycles. The van der Waals surface area contributed by atoms with Crippen LogP contribution >= 0.6 is 0 Å². The molecule has 2 heterocycles. The van der Waals surface area contributed by atoms with Gasteiger partial charge in [-0.25, -0.2) is 0 Å². The van der Waals surface area contributed by atoms with Gasteiger partial charge in [0.1, 0.15) is 0 Å². The minimum atomic E-state index is -0.138. The molecule has 0 aliphatic carbocycles. The highest BCUT2D eigenvalue weighted by Gasteiger charge is 2.22. The first-order valence-electron chi connectivity index (χ1n) is 9.35. The zero-order chi connectivity index (χ0) is 20.2. The number of phenolic OH excluding ortho intramolecular Hbond substituents is 2. The average Bonchev–Trinajstić information content (AvgIpc) is 2.77. The van der Waals surface area contributed by atoms with Gasteiger partial charge in [0.05, 0.1) is 29.8 Å². The van der Waals surface area contributed by atoms with Gasteiger partial charge in [0, 0.05) is 12.4 Å². The lowest BCUT2D eigenvalue weighted by Crippen LogP contribution is -2.22. The summed E-state index contributed by atoms with van der Waals surface area (Å²) in [6.45, 7) is 2.12. The minimum Gasteiger partial charge on any atom is -0.504 e. The first-order chi connectivity index (χ1) is 14.1. The Balaban J connectivity index is 1.84. The molecule has 29 heavy (non-hydrogen) atoms. The summed E-state index contributed by atoms with van der Waals surface area (Å²) in [5, 5.41) is 19.7. The molecule has 2 aromatic heterocycles. The third kappa shape index (κ3) is 3.75. The molecule has 144 valence electrons. The fraction of sp³-hybridized carbons (Fsp3) is 0.0833. The molecule has 0 fully saturated rings. The molecule has 0 aliphatic rings. The fourth-order valence-electron chi connectivity index (χ4n) is 3.54. The van der Waals surface area contributed by atoms with Crippen LogP contribution in [0.5, 0.6) is 11.5 Å². The highest BCUT2D eigenvalue weighted by molar-refractivity contribution is 5.73. The molecule has 0 saturated heterocycles. The van der Waals surface area contributed by atoms with E-state index in [4.69, 9.17) is 0 Å². The van der Waals surface area contributed by atoms with Crippen molar-refractivity contribution in [2.24, 2.45) is 0 Å². The summed E-state index contributed by atoms with van der Waals surface area (Å²) in [6, 6.07) is 20.8. The van der Waals surface area contributed by atoms with Crippen LogP contribution < -0.4 is 4.90 Å². The summed E-state index contributed by atoms with van der Waals surface area (Å²) >= 11 is 0. The molecular formula is C24H21N3O2. The van der Waals surface area contributed by atoms with Crippen LogP contribution in [0.4, 0.5) is 11.4 Å². The van der Waals surface area contributed by atoms with Crippen LogP contribution in [0.2, 0.25) is 0 Å². The number of phenols is 2. The van der Waals surface area contributed by atoms with E-state index in [1.54, 1.807) is 24.5 Å². The molecule has 4 rings (SSSR count). The van der Waals surface area contributed by atoms with Crippen LogP contribution in [0, 0.1) is 0 Å². The van der Waals surface area contributed by atoms with E-state index >= 15 is 0 Å². The molecule has 0 spiro atoms. The van der Waals surface area contributed by atoms with E-state index in [0.717, 1.165) is 28.1 Å². The maximum atomic E-state index is 9.98. The molecular weight excluding hydrogens is 362 g/mol. The highest BCUT2D eigenvalue weighted by atomic mass is 16.3. The Morgan fingerprint density at radius 3 is 2.00 bits per heavy atom. The van der Waals surface area contributed by atoms with Crippen LogP contribution in [0.25, 0.3) is 11.1 Å². The second-order valence-electron chi connectivity index (χ2n) is 6.76. The summed E-state index contributed by atoms with van der Waals surface area (Å²) in [7, 11) is 0. The molecule has 5 nitrogen and oxygen atoms in total. The summed E-state index contributed by atoms with van der Waals surface area (Å²) in [5.41, 5.74) is 4.80. The molecule has 4 aromatic rings. The number of benzene rings is 2. The van der Waals surface area contributed by atoms with Crippen molar-refractivity contribution in [1.82, 2.24) is 9.97 Å². The lowest BCUT2D eigenvalue weighted by molar-refractivity contribution is 0.404. The second kappa shape index (κ2) is 8.02. The van der Waals surface area contributed by atoms with Crippen molar-refractivity contribution in [3.05, 3.63) is 97.1 Å². The van der Waals surface area contributed by atoms with Crippen molar-refractivity contribution in [1.29, 1.82) is 0 Å². The van der Waals surface area contributed by atoms with E-state index in [9.17, 15) is 10.2 Å². The van der Waals surface area contributed by atoms with Gasteiger partial charge in [0.2, 0.25) is 0 Å². The van der Waals surface area contributed by atoms with Crippen molar-refractivity contribution in [2.45, 2.75) is 13.0 Å². The van der Waals surface area contributed by atoms with Gasteiger partial charge in [0.25, 0.3) is 0 Å². The SMILES string of the molecule is CC(c1ccccc1-c1ccc(O)c(O)c1)N(c1cccnc1)c1cccnc1. The van der Waals surface area contributed by atoms with Crippen LogP contribution in [-0.2, 0) is 0 Å². The molecule has 0 bridgehead atoms. The lowest BCUT2D eigenvalue weighted by atomic mass is 9.94. The number of rotatable bonds is 5. The first kappa shape index (κ1) is 18.5. The van der Waals surface area contributed by atoms with Gasteiger partial charge in [-0.2, -0.15) is 0 Å². The van der Waals surface area contributed by atoms with Gasteiger partial charge in [-0.15, -0.1) is 0 Å². The van der Waals surface area contributed by atoms with Crippen molar-refractivity contribution < 1.29 is 10.2 Å². The second-order valence-corrected chi connectivity index (χ2v) is 6.76. The van der Waals surface area contributed by atoms with E-state index < -0.39 is 0 Å². The third-order valence-electron chi connectivity index (χ3n) is 4.93. The van der Waals surface area contributed by atoms with Gasteiger partial charge in [-0.3, -0.25) is 9.97 Å². The van der Waals surface area contributed by atoms with Crippen molar-refractivity contribution >= 4 is 11.4 Å². The average molecular weight is 383 g/mol. The highest BCUT2D eigenvalue weighted by Crippen LogP contribution is 2.39. The Bertz CT molecular complexity index is 1060. The Kier molecular flexibility index (Phi) is 5.12. The monoisotopic (exact) mass is 383 g/mol. The maximum Gasteiger partial charge on any atom is 0.158 e. The number of hydrogen-bond acceptors (Lipinski definition) is 5. The fourth-order valence-corrected chi connectivity index (χ4v) is 3.54. The van der Waals surface area contributed by atoms with Crippen LogP contribution in [0.1, 0.15) is 18.5 Å². The molecule has 1 unspecified atom stereocenters. The Morgan fingerprint density at radius 2 is 1.41 bits per heavy atom. The number of anilines is 2. The smallest absolute Gasteiger partial charge is 0.158 e. The topological polar surface area (TPSA) is 69.5 Å². The van der Waals surface area contributed by atoms with E-state index in [2.05, 4.69) is 27.9 Å². The zero-order valence-electron chi connectivity index (χ0n) is 16.0. The van der Waals surface area contributed by atoms with E-state index in [1.807, 2.05) is 54.9 Å². The van der Waals surface area contributed by atoms with E-state index in [0.29, 0.717) is 0 Å². The standard InChI is InChI=1S/C24H21N3O2/c1-17(27(19-6-4-12-25-15-19)20-7-5-13-26-16-20)21-8-2-3-9-22(21)18-10-11-23(28)24(29)14-18/h2-17,28-29H,1H3. The van der Waals surface area contributed by atoms with Crippen LogP contribution in [0.3, 0.4) is 0 Å². The Morgan fingerprint density at radius 1 is 0.759 bits per heavy atom. The minimum absolute atomic E-state index is 0.0458. The molecule has 0 aliphatic heterocycles. The third-order valence-corrected chi connectivity index (χ3v) is 4.93. The predicted octanol–water partition coefficient (Wildman–Crippen LogP) is 5.45. The molecule has 2 N–H and O–H groups in total. The van der Waals surface area contributed by atoms with Gasteiger partial charge >= 0.3 is 0 Å². The molecule has 0 amide bonds. The predicted molar refractivity (Wildman–Crippen MR) is 114 cm³/mol. The molecule has 2 aromatic carbocycles. The quantitative estimate of drug-likeness (QED) is 0.448. The lowest BCUT2D eigenvalue weighted by Gasteiger charge is -2.32. The summed E-state index contributed by atoms with van der Waals surface area (Å²) in [4.78, 5) is 10.8. The number of nitrogens with zero attached hydrogens (tertiary/aromatic N) is 3. The summed E-state index contributed by atoms with van der Waals surface area (Å²) in [6.07, 6.45) is 7.17. The van der Waals surface area contributed by atoms with Crippen LogP contribution in [0.15, 0.2) is 91.5 Å². The number of pyridine rings is 2. The van der Waals surface area contributed by atoms with Gasteiger partial charge in [-0.1, -0.05) is 30.3 Å². The zero-order valence-corrected chi connectivity index (χ0v) is 16.0. The first-order valence-corrected chi connectivity index (χ1v) is 9.35. The van der Waals surface area contributed by atoms with Gasteiger partial charge < -0.3 is 15.1 Å². The largest absolute Gasteiger partial charge is 0.504 e. The maximum absolute atomic E-state index is 9.98.